The summed E-state index contributed by atoms with van der Waals surface area (Å²) >= 11 is 0. The second-order valence-electron chi connectivity index (χ2n) is 17.9. The van der Waals surface area contributed by atoms with Crippen LogP contribution in [0.15, 0.2) is 48.5 Å². The van der Waals surface area contributed by atoms with Gasteiger partial charge >= 0.3 is 35.9 Å². The first kappa shape index (κ1) is 57.5. The molecule has 2 saturated heterocycles. The van der Waals surface area contributed by atoms with Gasteiger partial charge in [-0.25, -0.2) is 9.59 Å². The molecule has 2 fully saturated rings. The summed E-state index contributed by atoms with van der Waals surface area (Å²) in [5, 5.41) is 59.0. The number of ether oxygens (including phenoxy) is 8. The zero-order valence-electron chi connectivity index (χ0n) is 41.9. The predicted molar refractivity (Wildman–Crippen MR) is 257 cm³/mol. The summed E-state index contributed by atoms with van der Waals surface area (Å²) in [6.45, 7) is 11.5. The average Bonchev–Trinajstić information content (AvgIpc) is 3.91. The van der Waals surface area contributed by atoms with Crippen molar-refractivity contribution in [2.45, 2.75) is 141 Å². The number of esters is 4. The van der Waals surface area contributed by atoms with E-state index >= 15 is 0 Å². The van der Waals surface area contributed by atoms with Gasteiger partial charge < -0.3 is 80.4 Å². The van der Waals surface area contributed by atoms with E-state index in [4.69, 9.17) is 49.4 Å². The van der Waals surface area contributed by atoms with Crippen molar-refractivity contribution < 1.29 is 87.1 Å². The van der Waals surface area contributed by atoms with E-state index < -0.39 is 111 Å². The molecule has 2 aliphatic rings. The van der Waals surface area contributed by atoms with Gasteiger partial charge in [0, 0.05) is 74.4 Å². The molecule has 4 amide bonds. The van der Waals surface area contributed by atoms with E-state index in [2.05, 4.69) is 31.0 Å². The molecule has 26 nitrogen and oxygen atoms in total. The number of anilines is 2. The highest BCUT2D eigenvalue weighted by Gasteiger charge is 2.54. The number of aliphatic hydroxyl groups is 4. The predicted octanol–water partition coefficient (Wildman–Crippen LogP) is 1.87. The number of rotatable bonds is 18. The number of amides is 4. The van der Waals surface area contributed by atoms with Crippen molar-refractivity contribution in [1.82, 2.24) is 20.4 Å². The molecule has 6 rings (SSSR count). The zero-order valence-corrected chi connectivity index (χ0v) is 41.9. The van der Waals surface area contributed by atoms with Crippen LogP contribution in [0.25, 0.3) is 0 Å². The lowest BCUT2D eigenvalue weighted by Crippen LogP contribution is -2.63. The third-order valence-corrected chi connectivity index (χ3v) is 11.3. The van der Waals surface area contributed by atoms with Crippen LogP contribution in [0.3, 0.4) is 0 Å². The van der Waals surface area contributed by atoms with Crippen LogP contribution < -0.4 is 31.6 Å². The molecule has 26 heteroatoms. The highest BCUT2D eigenvalue weighted by atomic mass is 16.7. The minimum absolute atomic E-state index is 0.00829. The van der Waals surface area contributed by atoms with Gasteiger partial charge in [0.15, 0.2) is 12.2 Å². The second kappa shape index (κ2) is 26.0. The number of carbonyl (C=O) groups excluding carboxylic acids is 6. The van der Waals surface area contributed by atoms with E-state index in [1.807, 2.05) is 39.8 Å². The molecular formula is C48H64N8O18. The number of primary amides is 2. The fraction of sp³-hybridized carbons (Fsp3) is 0.500. The van der Waals surface area contributed by atoms with Gasteiger partial charge in [-0.1, -0.05) is 52.0 Å². The molecule has 12 N–H and O–H groups in total. The standard InChI is InChI=1S/C28H36N4O11.C20H28N4O7/c1-13(2)22-20(11-18-7-9-19(10-8-18)30-28(29)37)26(32-31-22)43-27-25(41-17(6)36)24(40-16(5)35)23(39-15(4)34)21(42-27)12-38-14(3)33;1-9(2)14-12(7-10-3-5-11(6-4-10)22-20(21)29)18(24-23-14)31-19-17(28)16(27)15(26)13(8-25)30-19/h7-10,13,21,23-25,27H,11-12H2,1-6H3,(H,31,32)(H3,29,30,37);3-6,9,13,15-17,19,25-28H,7-8H2,1-2H3,(H,23,24)(H3,21,22,29)/t21-,23-,24+,25-,27+;13-,15-,16+,17-,19+/m11/s1. The Kier molecular flexibility index (Phi) is 20.2. The van der Waals surface area contributed by atoms with Gasteiger partial charge in [0.2, 0.25) is 30.4 Å². The van der Waals surface area contributed by atoms with Crippen LogP contribution in [0.4, 0.5) is 21.0 Å². The number of aromatic amines is 2. The number of urea groups is 2. The van der Waals surface area contributed by atoms with Crippen molar-refractivity contribution >= 4 is 47.3 Å². The molecule has 2 aliphatic heterocycles. The van der Waals surface area contributed by atoms with Crippen LogP contribution in [0.5, 0.6) is 11.8 Å². The largest absolute Gasteiger partial charge is 0.463 e. The van der Waals surface area contributed by atoms with Crippen molar-refractivity contribution in [3.8, 4) is 11.8 Å². The molecular weight excluding hydrogens is 977 g/mol. The van der Waals surface area contributed by atoms with Gasteiger partial charge in [-0.05, 0) is 47.2 Å². The molecule has 4 aromatic rings. The van der Waals surface area contributed by atoms with Gasteiger partial charge in [0.05, 0.1) is 6.61 Å². The Morgan fingerprint density at radius 3 is 1.42 bits per heavy atom. The number of aliphatic hydroxyl groups excluding tert-OH is 4. The summed E-state index contributed by atoms with van der Waals surface area (Å²) in [6, 6.07) is 12.7. The lowest BCUT2D eigenvalue weighted by molar-refractivity contribution is -0.289. The fourth-order valence-corrected chi connectivity index (χ4v) is 7.99. The zero-order chi connectivity index (χ0) is 54.6. The second-order valence-corrected chi connectivity index (χ2v) is 17.9. The normalized spacial score (nSPS) is 23.4. The molecule has 2 aromatic heterocycles. The van der Waals surface area contributed by atoms with E-state index in [1.165, 1.54) is 6.92 Å². The van der Waals surface area contributed by atoms with Crippen LogP contribution in [-0.4, -0.2) is 151 Å². The van der Waals surface area contributed by atoms with Crippen molar-refractivity contribution in [1.29, 1.82) is 0 Å². The molecule has 0 bridgehead atoms. The van der Waals surface area contributed by atoms with Crippen LogP contribution in [0, 0.1) is 0 Å². The molecule has 0 saturated carbocycles. The monoisotopic (exact) mass is 1040 g/mol. The molecule has 2 aromatic carbocycles. The molecule has 0 radical (unpaired) electrons. The number of hydrogen-bond acceptors (Lipinski definition) is 20. The molecule has 4 heterocycles. The average molecular weight is 1040 g/mol. The number of nitrogens with one attached hydrogen (secondary N) is 4. The maximum Gasteiger partial charge on any atom is 0.316 e. The maximum atomic E-state index is 12.2. The maximum absolute atomic E-state index is 12.2. The number of benzene rings is 2. The number of H-pyrrole nitrogens is 2. The number of aromatic nitrogens is 4. The highest BCUT2D eigenvalue weighted by molar-refractivity contribution is 5.88. The smallest absolute Gasteiger partial charge is 0.316 e. The van der Waals surface area contributed by atoms with Crippen molar-refractivity contribution in [2.24, 2.45) is 11.5 Å². The van der Waals surface area contributed by atoms with E-state index in [0.29, 0.717) is 29.8 Å². The number of carbonyl (C=O) groups is 6. The van der Waals surface area contributed by atoms with Gasteiger partial charge in [-0.15, -0.1) is 10.2 Å². The summed E-state index contributed by atoms with van der Waals surface area (Å²) < 4.78 is 44.9. The lowest BCUT2D eigenvalue weighted by Gasteiger charge is -2.43. The van der Waals surface area contributed by atoms with Crippen LogP contribution in [0.1, 0.15) is 101 Å². The van der Waals surface area contributed by atoms with E-state index in [1.54, 1.807) is 36.4 Å². The van der Waals surface area contributed by atoms with Crippen molar-refractivity contribution in [3.05, 3.63) is 82.2 Å². The summed E-state index contributed by atoms with van der Waals surface area (Å²) in [7, 11) is 0. The third kappa shape index (κ3) is 15.6. The van der Waals surface area contributed by atoms with E-state index in [0.717, 1.165) is 48.8 Å². The van der Waals surface area contributed by atoms with Crippen molar-refractivity contribution in [3.63, 3.8) is 0 Å². The summed E-state index contributed by atoms with van der Waals surface area (Å²) in [6.07, 6.45) is -12.9. The van der Waals surface area contributed by atoms with Crippen molar-refractivity contribution in [2.75, 3.05) is 23.8 Å². The molecule has 404 valence electrons. The summed E-state index contributed by atoms with van der Waals surface area (Å²) in [5.74, 6) is -2.54. The first-order valence-electron chi connectivity index (χ1n) is 23.3. The quantitative estimate of drug-likeness (QED) is 0.0502. The molecule has 10 atom stereocenters. The first-order valence-corrected chi connectivity index (χ1v) is 23.3. The molecule has 0 unspecified atom stereocenters. The van der Waals surface area contributed by atoms with Crippen LogP contribution in [0.2, 0.25) is 0 Å². The number of nitrogens with zero attached hydrogens (tertiary/aromatic N) is 2. The molecule has 74 heavy (non-hydrogen) atoms. The topological polar surface area (TPSA) is 391 Å². The van der Waals surface area contributed by atoms with Crippen LogP contribution in [-0.2, 0) is 60.4 Å². The Labute approximate surface area is 424 Å². The van der Waals surface area contributed by atoms with Gasteiger partial charge in [-0.3, -0.25) is 29.4 Å². The summed E-state index contributed by atoms with van der Waals surface area (Å²) in [4.78, 5) is 70.0. The SMILES string of the molecule is CC(=O)OC[C@H]1O[C@@H](Oc2n[nH]c(C(C)C)c2Cc2ccc(NC(N)=O)cc2)[C@H](OC(C)=O)[C@@H](OC(C)=O)[C@@H]1OC(C)=O.CC(C)c1[nH]nc(O[C@@H]2O[C@H](CO)[C@@H](O)[C@H](O)[C@H]2O)c1Cc1ccc(NC(N)=O)cc1. The minimum Gasteiger partial charge on any atom is -0.463 e. The molecule has 0 aliphatic carbocycles. The Morgan fingerprint density at radius 1 is 0.595 bits per heavy atom. The Morgan fingerprint density at radius 2 is 1.01 bits per heavy atom. The number of hydrogen-bond donors (Lipinski definition) is 10. The summed E-state index contributed by atoms with van der Waals surface area (Å²) in [5.41, 5.74) is 16.1. The lowest BCUT2D eigenvalue weighted by atomic mass is 9.97. The highest BCUT2D eigenvalue weighted by Crippen LogP contribution is 2.35. The number of nitrogens with two attached hydrogens (primary N) is 2. The van der Waals surface area contributed by atoms with E-state index in [-0.39, 0.29) is 23.6 Å². The van der Waals surface area contributed by atoms with E-state index in [9.17, 15) is 49.2 Å². The van der Waals surface area contributed by atoms with Gasteiger partial charge in [0.25, 0.3) is 0 Å². The van der Waals surface area contributed by atoms with Gasteiger partial charge in [-0.2, -0.15) is 0 Å². The third-order valence-electron chi connectivity index (χ3n) is 11.3. The van der Waals surface area contributed by atoms with Gasteiger partial charge in [0.1, 0.15) is 37.1 Å². The first-order chi connectivity index (χ1) is 34.9. The van der Waals surface area contributed by atoms with Crippen LogP contribution >= 0.6 is 0 Å². The Bertz CT molecular complexity index is 2550. The molecule has 0 spiro atoms. The Hall–Kier alpha value is -7.36. The Balaban J connectivity index is 0.000000288. The minimum atomic E-state index is -1.55. The fourth-order valence-electron chi connectivity index (χ4n) is 7.99.